The third kappa shape index (κ3) is 4.28. The summed E-state index contributed by atoms with van der Waals surface area (Å²) in [4.78, 5) is 31.4. The Morgan fingerprint density at radius 1 is 0.889 bits per heavy atom. The first-order chi connectivity index (χ1) is 17.3. The Balaban J connectivity index is 1.57. The highest BCUT2D eigenvalue weighted by molar-refractivity contribution is 5.78. The maximum absolute atomic E-state index is 13.6. The van der Waals surface area contributed by atoms with Gasteiger partial charge in [0.05, 0.1) is 16.6 Å². The lowest BCUT2D eigenvalue weighted by Gasteiger charge is -2.18. The summed E-state index contributed by atoms with van der Waals surface area (Å²) in [5.74, 6) is 0.731. The van der Waals surface area contributed by atoms with Crippen LogP contribution < -0.4 is 11.2 Å². The first-order valence-electron chi connectivity index (χ1n) is 12.0. The zero-order chi connectivity index (χ0) is 25.4. The van der Waals surface area contributed by atoms with E-state index in [1.165, 1.54) is 14.7 Å². The lowest BCUT2D eigenvalue weighted by atomic mass is 9.87. The van der Waals surface area contributed by atoms with E-state index in [1.54, 1.807) is 36.4 Å². The van der Waals surface area contributed by atoms with Gasteiger partial charge in [-0.2, -0.15) is 4.98 Å². The zero-order valence-electron chi connectivity index (χ0n) is 20.9. The van der Waals surface area contributed by atoms with Crippen molar-refractivity contribution < 1.29 is 4.52 Å². The zero-order valence-corrected chi connectivity index (χ0v) is 20.9. The van der Waals surface area contributed by atoms with Crippen molar-refractivity contribution in [1.82, 2.24) is 19.3 Å². The minimum Gasteiger partial charge on any atom is -0.337 e. The number of aryl methyl sites for hydroxylation is 1. The molecule has 2 aromatic heterocycles. The molecule has 0 fully saturated rings. The third-order valence-corrected chi connectivity index (χ3v) is 6.42. The molecule has 7 heteroatoms. The lowest BCUT2D eigenvalue weighted by molar-refractivity contribution is 0.370. The number of fused-ring (bicyclic) bond motifs is 1. The fourth-order valence-electron chi connectivity index (χ4n) is 4.27. The van der Waals surface area contributed by atoms with Gasteiger partial charge in [-0.3, -0.25) is 9.36 Å². The van der Waals surface area contributed by atoms with Crippen LogP contribution in [0.4, 0.5) is 0 Å². The Labute approximate surface area is 208 Å². The van der Waals surface area contributed by atoms with Crippen LogP contribution in [-0.4, -0.2) is 19.3 Å². The highest BCUT2D eigenvalue weighted by Crippen LogP contribution is 2.25. The number of benzene rings is 3. The van der Waals surface area contributed by atoms with E-state index in [2.05, 4.69) is 50.0 Å². The largest absolute Gasteiger partial charge is 0.337 e. The second-order valence-corrected chi connectivity index (χ2v) is 9.89. The quantitative estimate of drug-likeness (QED) is 0.349. The van der Waals surface area contributed by atoms with E-state index in [0.29, 0.717) is 22.4 Å². The van der Waals surface area contributed by atoms with Gasteiger partial charge >= 0.3 is 5.69 Å². The van der Waals surface area contributed by atoms with Gasteiger partial charge in [0, 0.05) is 5.56 Å². The summed E-state index contributed by atoms with van der Waals surface area (Å²) >= 11 is 0. The average Bonchev–Trinajstić information content (AvgIpc) is 3.35. The number of para-hydroxylation sites is 1. The molecule has 0 atom stereocenters. The van der Waals surface area contributed by atoms with Gasteiger partial charge in [-0.05, 0) is 47.2 Å². The van der Waals surface area contributed by atoms with Crippen LogP contribution in [0.25, 0.3) is 28.0 Å². The molecule has 2 heterocycles. The minimum absolute atomic E-state index is 0.0414. The van der Waals surface area contributed by atoms with Crippen molar-refractivity contribution in [3.05, 3.63) is 111 Å². The molecule has 182 valence electrons. The maximum Gasteiger partial charge on any atom is 0.336 e. The van der Waals surface area contributed by atoms with E-state index in [0.717, 1.165) is 17.5 Å². The summed E-state index contributed by atoms with van der Waals surface area (Å²) in [5.41, 5.74) is 3.43. The predicted molar refractivity (Wildman–Crippen MR) is 141 cm³/mol. The summed E-state index contributed by atoms with van der Waals surface area (Å²) in [5, 5.41) is 4.57. The van der Waals surface area contributed by atoms with Gasteiger partial charge in [-0.1, -0.05) is 81.4 Å². The first-order valence-corrected chi connectivity index (χ1v) is 12.0. The summed E-state index contributed by atoms with van der Waals surface area (Å²) in [6.07, 6.45) is 0.871. The van der Waals surface area contributed by atoms with Crippen molar-refractivity contribution in [2.24, 2.45) is 0 Å². The molecule has 0 unspecified atom stereocenters. The molecule has 0 amide bonds. The molecule has 0 bridgehead atoms. The summed E-state index contributed by atoms with van der Waals surface area (Å²) in [6.45, 7) is 8.58. The highest BCUT2D eigenvalue weighted by atomic mass is 16.5. The summed E-state index contributed by atoms with van der Waals surface area (Å²) in [6, 6.07) is 22.6. The van der Waals surface area contributed by atoms with Crippen molar-refractivity contribution >= 4 is 10.9 Å². The van der Waals surface area contributed by atoms with Gasteiger partial charge in [0.15, 0.2) is 0 Å². The molecule has 5 aromatic rings. The third-order valence-electron chi connectivity index (χ3n) is 6.42. The SMILES string of the molecule is CCc1ccc(-n2c(=O)c3ccccc3n(Cc3nc(-c4ccc(C(C)(C)C)cc4)no3)c2=O)cc1. The molecule has 0 saturated carbocycles. The molecular formula is C29H28N4O3. The van der Waals surface area contributed by atoms with Gasteiger partial charge < -0.3 is 4.52 Å². The molecule has 0 radical (unpaired) electrons. The molecule has 0 spiro atoms. The highest BCUT2D eigenvalue weighted by Gasteiger charge is 2.18. The molecule has 0 N–H and O–H groups in total. The Morgan fingerprint density at radius 3 is 2.25 bits per heavy atom. The van der Waals surface area contributed by atoms with Gasteiger partial charge in [0.2, 0.25) is 11.7 Å². The monoisotopic (exact) mass is 480 g/mol. The van der Waals surface area contributed by atoms with Crippen molar-refractivity contribution in [3.63, 3.8) is 0 Å². The Kier molecular flexibility index (Phi) is 5.92. The Hall–Kier alpha value is -4.26. The topological polar surface area (TPSA) is 82.9 Å². The second-order valence-electron chi connectivity index (χ2n) is 9.89. The summed E-state index contributed by atoms with van der Waals surface area (Å²) < 4.78 is 8.23. The molecule has 0 aliphatic heterocycles. The maximum atomic E-state index is 13.6. The normalized spacial score (nSPS) is 11.8. The molecule has 0 saturated heterocycles. The van der Waals surface area contributed by atoms with Crippen molar-refractivity contribution in [2.75, 3.05) is 0 Å². The predicted octanol–water partition coefficient (Wildman–Crippen LogP) is 5.11. The van der Waals surface area contributed by atoms with Crippen LogP contribution in [0.15, 0.2) is 86.9 Å². The second kappa shape index (κ2) is 9.07. The van der Waals surface area contributed by atoms with Gasteiger partial charge in [-0.15, -0.1) is 0 Å². The van der Waals surface area contributed by atoms with Crippen LogP contribution in [0.3, 0.4) is 0 Å². The Bertz CT molecular complexity index is 1650. The standard InChI is InChI=1S/C29H28N4O3/c1-5-19-10-16-22(17-11-19)33-27(34)23-8-6-7-9-24(23)32(28(33)35)18-25-30-26(31-36-25)20-12-14-21(15-13-20)29(2,3)4/h6-17H,5,18H2,1-4H3. The van der Waals surface area contributed by atoms with Crippen LogP contribution in [0.2, 0.25) is 0 Å². The smallest absolute Gasteiger partial charge is 0.336 e. The molecular weight excluding hydrogens is 452 g/mol. The van der Waals surface area contributed by atoms with Gasteiger partial charge in [-0.25, -0.2) is 9.36 Å². The average molecular weight is 481 g/mol. The van der Waals surface area contributed by atoms with E-state index in [9.17, 15) is 9.59 Å². The first kappa shape index (κ1) is 23.5. The number of aromatic nitrogens is 4. The molecule has 0 aliphatic carbocycles. The van der Waals surface area contributed by atoms with Crippen molar-refractivity contribution in [3.8, 4) is 17.1 Å². The fourth-order valence-corrected chi connectivity index (χ4v) is 4.27. The van der Waals surface area contributed by atoms with E-state index in [-0.39, 0.29) is 23.4 Å². The number of hydrogen-bond acceptors (Lipinski definition) is 5. The molecule has 7 nitrogen and oxygen atoms in total. The fraction of sp³-hybridized carbons (Fsp3) is 0.241. The number of nitrogens with zero attached hydrogens (tertiary/aromatic N) is 4. The minimum atomic E-state index is -0.461. The summed E-state index contributed by atoms with van der Waals surface area (Å²) in [7, 11) is 0. The van der Waals surface area contributed by atoms with E-state index >= 15 is 0 Å². The molecule has 0 aliphatic rings. The van der Waals surface area contributed by atoms with Crippen LogP contribution >= 0.6 is 0 Å². The van der Waals surface area contributed by atoms with E-state index in [1.807, 2.05) is 24.3 Å². The van der Waals surface area contributed by atoms with Crippen LogP contribution in [-0.2, 0) is 18.4 Å². The van der Waals surface area contributed by atoms with E-state index in [4.69, 9.17) is 4.52 Å². The van der Waals surface area contributed by atoms with Gasteiger partial charge in [0.1, 0.15) is 6.54 Å². The lowest BCUT2D eigenvalue weighted by Crippen LogP contribution is -2.39. The molecule has 5 rings (SSSR count). The van der Waals surface area contributed by atoms with E-state index < -0.39 is 5.69 Å². The number of hydrogen-bond donors (Lipinski definition) is 0. The van der Waals surface area contributed by atoms with Crippen molar-refractivity contribution in [1.29, 1.82) is 0 Å². The number of rotatable bonds is 5. The molecule has 3 aromatic carbocycles. The van der Waals surface area contributed by atoms with Crippen LogP contribution in [0.5, 0.6) is 0 Å². The van der Waals surface area contributed by atoms with Crippen LogP contribution in [0, 0.1) is 0 Å². The van der Waals surface area contributed by atoms with Gasteiger partial charge in [0.25, 0.3) is 5.56 Å². The molecule has 36 heavy (non-hydrogen) atoms. The van der Waals surface area contributed by atoms with Crippen molar-refractivity contribution in [2.45, 2.75) is 46.1 Å². The Morgan fingerprint density at radius 2 is 1.58 bits per heavy atom. The van der Waals surface area contributed by atoms with Crippen LogP contribution in [0.1, 0.15) is 44.7 Å².